The first kappa shape index (κ1) is 17.1. The number of nitrogens with one attached hydrogen (secondary N) is 1. The third kappa shape index (κ3) is 3.40. The van der Waals surface area contributed by atoms with Gasteiger partial charge in [-0.3, -0.25) is 9.78 Å². The number of fused-ring (bicyclic) bond motifs is 3. The van der Waals surface area contributed by atoms with Crippen LogP contribution in [0.3, 0.4) is 0 Å². The maximum Gasteiger partial charge on any atom is 0.219 e. The Bertz CT molecular complexity index is 901. The summed E-state index contributed by atoms with van der Waals surface area (Å²) in [5.41, 5.74) is 9.30. The van der Waals surface area contributed by atoms with Crippen LogP contribution in [0.2, 0.25) is 0 Å². The minimum absolute atomic E-state index is 0.0451. The number of carbonyl (C=O) groups excluding carboxylic acids is 1. The molecule has 3 aromatic heterocycles. The standard InChI is InChI=1S/C18H24N6O/c1-3-5-8-13-23-16-17(24(13)11-10-20-14(25)4-2)15-12(22-18(16)19)7-6-9-21-15/h6-7,9H,3-5,8,10-11H2,1-2H3,(H2,19,22)(H,20,25). The number of anilines is 1. The number of hydrogen-bond donors (Lipinski definition) is 2. The summed E-state index contributed by atoms with van der Waals surface area (Å²) in [4.78, 5) is 25.2. The molecule has 0 aliphatic rings. The second-order valence-electron chi connectivity index (χ2n) is 6.05. The van der Waals surface area contributed by atoms with Crippen molar-refractivity contribution in [2.45, 2.75) is 46.1 Å². The number of nitrogens with two attached hydrogens (primary N) is 1. The van der Waals surface area contributed by atoms with Crippen LogP contribution >= 0.6 is 0 Å². The zero-order valence-corrected chi connectivity index (χ0v) is 14.7. The Morgan fingerprint density at radius 1 is 1.28 bits per heavy atom. The number of nitrogen functional groups attached to an aromatic ring is 1. The molecule has 1 amide bonds. The highest BCUT2D eigenvalue weighted by molar-refractivity contribution is 6.04. The summed E-state index contributed by atoms with van der Waals surface area (Å²) in [7, 11) is 0. The topological polar surface area (TPSA) is 98.7 Å². The van der Waals surface area contributed by atoms with Crippen LogP contribution in [0.4, 0.5) is 5.82 Å². The molecule has 0 fully saturated rings. The molecule has 0 bridgehead atoms. The number of carbonyl (C=O) groups is 1. The lowest BCUT2D eigenvalue weighted by Crippen LogP contribution is -2.26. The predicted molar refractivity (Wildman–Crippen MR) is 99.2 cm³/mol. The van der Waals surface area contributed by atoms with Crippen LogP contribution in [0, 0.1) is 0 Å². The van der Waals surface area contributed by atoms with E-state index in [0.29, 0.717) is 30.8 Å². The largest absolute Gasteiger partial charge is 0.382 e. The summed E-state index contributed by atoms with van der Waals surface area (Å²) in [6.07, 6.45) is 5.22. The fraction of sp³-hybridized carbons (Fsp3) is 0.444. The first-order valence-electron chi connectivity index (χ1n) is 8.81. The van der Waals surface area contributed by atoms with Crippen molar-refractivity contribution >= 4 is 33.8 Å². The average Bonchev–Trinajstić information content (AvgIpc) is 2.99. The van der Waals surface area contributed by atoms with Gasteiger partial charge in [0.2, 0.25) is 5.91 Å². The van der Waals surface area contributed by atoms with E-state index in [1.807, 2.05) is 19.1 Å². The second-order valence-corrected chi connectivity index (χ2v) is 6.05. The number of pyridine rings is 2. The molecular weight excluding hydrogens is 316 g/mol. The molecule has 3 rings (SSSR count). The molecule has 3 heterocycles. The van der Waals surface area contributed by atoms with Crippen LogP contribution < -0.4 is 11.1 Å². The van der Waals surface area contributed by atoms with Crippen molar-refractivity contribution in [3.05, 3.63) is 24.2 Å². The van der Waals surface area contributed by atoms with E-state index in [-0.39, 0.29) is 5.91 Å². The molecule has 0 radical (unpaired) electrons. The molecule has 0 unspecified atom stereocenters. The van der Waals surface area contributed by atoms with Gasteiger partial charge in [-0.15, -0.1) is 0 Å². The van der Waals surface area contributed by atoms with Crippen LogP contribution in [0.5, 0.6) is 0 Å². The van der Waals surface area contributed by atoms with Crippen LogP contribution in [-0.2, 0) is 17.8 Å². The molecule has 0 aliphatic heterocycles. The van der Waals surface area contributed by atoms with Crippen molar-refractivity contribution in [1.82, 2.24) is 24.8 Å². The van der Waals surface area contributed by atoms with E-state index < -0.39 is 0 Å². The second kappa shape index (κ2) is 7.46. The first-order valence-corrected chi connectivity index (χ1v) is 8.81. The van der Waals surface area contributed by atoms with Gasteiger partial charge in [-0.25, -0.2) is 9.97 Å². The van der Waals surface area contributed by atoms with E-state index in [1.165, 1.54) is 0 Å². The monoisotopic (exact) mass is 340 g/mol. The Balaban J connectivity index is 2.10. The normalized spacial score (nSPS) is 11.3. The summed E-state index contributed by atoms with van der Waals surface area (Å²) >= 11 is 0. The summed E-state index contributed by atoms with van der Waals surface area (Å²) in [6.45, 7) is 5.18. The Kier molecular flexibility index (Phi) is 5.11. The highest BCUT2D eigenvalue weighted by Crippen LogP contribution is 2.27. The lowest BCUT2D eigenvalue weighted by molar-refractivity contribution is -0.120. The van der Waals surface area contributed by atoms with Gasteiger partial charge in [-0.2, -0.15) is 0 Å². The van der Waals surface area contributed by atoms with Crippen molar-refractivity contribution < 1.29 is 4.79 Å². The van der Waals surface area contributed by atoms with Crippen LogP contribution in [0.15, 0.2) is 18.3 Å². The minimum atomic E-state index is 0.0451. The summed E-state index contributed by atoms with van der Waals surface area (Å²) in [5, 5.41) is 2.93. The molecule has 0 aromatic carbocycles. The van der Waals surface area contributed by atoms with E-state index >= 15 is 0 Å². The van der Waals surface area contributed by atoms with Gasteiger partial charge >= 0.3 is 0 Å². The number of rotatable bonds is 7. The third-order valence-corrected chi connectivity index (χ3v) is 4.27. The van der Waals surface area contributed by atoms with Crippen molar-refractivity contribution in [3.63, 3.8) is 0 Å². The zero-order valence-electron chi connectivity index (χ0n) is 14.7. The van der Waals surface area contributed by atoms with Gasteiger partial charge in [0.15, 0.2) is 5.82 Å². The van der Waals surface area contributed by atoms with E-state index in [2.05, 4.69) is 26.8 Å². The molecule has 0 atom stereocenters. The predicted octanol–water partition coefficient (Wildman–Crippen LogP) is 2.43. The Morgan fingerprint density at radius 3 is 2.88 bits per heavy atom. The maximum atomic E-state index is 11.5. The van der Waals surface area contributed by atoms with Crippen molar-refractivity contribution in [2.24, 2.45) is 0 Å². The number of nitrogens with zero attached hydrogens (tertiary/aromatic N) is 4. The Hall–Kier alpha value is -2.70. The molecule has 0 saturated carbocycles. The van der Waals surface area contributed by atoms with Gasteiger partial charge in [-0.1, -0.05) is 20.3 Å². The molecule has 0 saturated heterocycles. The lowest BCUT2D eigenvalue weighted by Gasteiger charge is -2.11. The van der Waals surface area contributed by atoms with E-state index in [4.69, 9.17) is 10.7 Å². The molecule has 25 heavy (non-hydrogen) atoms. The number of imidazole rings is 1. The van der Waals surface area contributed by atoms with Crippen molar-refractivity contribution in [3.8, 4) is 0 Å². The van der Waals surface area contributed by atoms with Crippen LogP contribution in [0.25, 0.3) is 22.1 Å². The Labute approximate surface area is 146 Å². The fourth-order valence-corrected chi connectivity index (χ4v) is 2.97. The van der Waals surface area contributed by atoms with Crippen molar-refractivity contribution in [1.29, 1.82) is 0 Å². The molecule has 7 heteroatoms. The molecular formula is C18H24N6O. The van der Waals surface area contributed by atoms with E-state index in [0.717, 1.165) is 41.6 Å². The summed E-state index contributed by atoms with van der Waals surface area (Å²) in [5.74, 6) is 1.43. The van der Waals surface area contributed by atoms with E-state index in [9.17, 15) is 4.79 Å². The number of aryl methyl sites for hydroxylation is 1. The summed E-state index contributed by atoms with van der Waals surface area (Å²) in [6, 6.07) is 3.75. The summed E-state index contributed by atoms with van der Waals surface area (Å²) < 4.78 is 2.13. The van der Waals surface area contributed by atoms with Gasteiger partial charge in [0, 0.05) is 32.1 Å². The lowest BCUT2D eigenvalue weighted by atomic mass is 10.2. The van der Waals surface area contributed by atoms with Crippen LogP contribution in [0.1, 0.15) is 38.9 Å². The highest BCUT2D eigenvalue weighted by Gasteiger charge is 2.17. The van der Waals surface area contributed by atoms with Gasteiger partial charge < -0.3 is 15.6 Å². The Morgan fingerprint density at radius 2 is 2.12 bits per heavy atom. The molecule has 3 N–H and O–H groups in total. The number of hydrogen-bond acceptors (Lipinski definition) is 5. The van der Waals surface area contributed by atoms with Gasteiger partial charge in [0.1, 0.15) is 22.4 Å². The van der Waals surface area contributed by atoms with Gasteiger partial charge in [-0.05, 0) is 18.6 Å². The first-order chi connectivity index (χ1) is 12.2. The smallest absolute Gasteiger partial charge is 0.219 e. The fourth-order valence-electron chi connectivity index (χ4n) is 2.97. The minimum Gasteiger partial charge on any atom is -0.382 e. The zero-order chi connectivity index (χ0) is 17.8. The number of aromatic nitrogens is 4. The molecule has 132 valence electrons. The van der Waals surface area contributed by atoms with Gasteiger partial charge in [0.25, 0.3) is 0 Å². The molecule has 7 nitrogen and oxygen atoms in total. The van der Waals surface area contributed by atoms with Crippen molar-refractivity contribution in [2.75, 3.05) is 12.3 Å². The van der Waals surface area contributed by atoms with Crippen LogP contribution in [-0.4, -0.2) is 32.0 Å². The number of unbranched alkanes of at least 4 members (excludes halogenated alkanes) is 1. The third-order valence-electron chi connectivity index (χ3n) is 4.27. The van der Waals surface area contributed by atoms with Gasteiger partial charge in [0.05, 0.1) is 5.52 Å². The average molecular weight is 340 g/mol. The maximum absolute atomic E-state index is 11.5. The SMILES string of the molecule is CCCCc1nc2c(N)nc3cccnc3c2n1CCNC(=O)CC. The molecule has 3 aromatic rings. The highest BCUT2D eigenvalue weighted by atomic mass is 16.1. The molecule has 0 spiro atoms. The molecule has 0 aliphatic carbocycles. The quantitative estimate of drug-likeness (QED) is 0.688. The van der Waals surface area contributed by atoms with E-state index in [1.54, 1.807) is 6.20 Å². The number of amides is 1.